The fraction of sp³-hybridized carbons (Fsp3) is 0.750. The Hall–Kier alpha value is -0.890. The van der Waals surface area contributed by atoms with Gasteiger partial charge in [0.2, 0.25) is 0 Å². The molecule has 2 heteroatoms. The van der Waals surface area contributed by atoms with E-state index in [-0.39, 0.29) is 11.5 Å². The third-order valence-electron chi connectivity index (χ3n) is 6.51. The summed E-state index contributed by atoms with van der Waals surface area (Å²) in [5.74, 6) is 1.70. The molecule has 4 unspecified atom stereocenters. The average molecular weight is 302 g/mol. The number of aliphatic hydroxyl groups excluding tert-OH is 1. The van der Waals surface area contributed by atoms with Crippen LogP contribution in [-0.2, 0) is 4.79 Å². The number of carbonyl (C=O) groups is 1. The van der Waals surface area contributed by atoms with E-state index in [9.17, 15) is 9.90 Å². The van der Waals surface area contributed by atoms with Crippen molar-refractivity contribution in [2.75, 3.05) is 0 Å². The number of hydrogen-bond donors (Lipinski definition) is 1. The van der Waals surface area contributed by atoms with Gasteiger partial charge < -0.3 is 5.11 Å². The van der Waals surface area contributed by atoms with Gasteiger partial charge in [0.15, 0.2) is 0 Å². The van der Waals surface area contributed by atoms with Gasteiger partial charge in [-0.1, -0.05) is 32.4 Å². The Morgan fingerprint density at radius 3 is 2.68 bits per heavy atom. The maximum atomic E-state index is 12.3. The van der Waals surface area contributed by atoms with Crippen molar-refractivity contribution < 1.29 is 9.90 Å². The molecule has 0 amide bonds. The van der Waals surface area contributed by atoms with Gasteiger partial charge >= 0.3 is 0 Å². The lowest BCUT2D eigenvalue weighted by Gasteiger charge is -2.45. The molecule has 122 valence electrons. The third kappa shape index (κ3) is 2.31. The molecule has 0 heterocycles. The van der Waals surface area contributed by atoms with Crippen LogP contribution >= 0.6 is 0 Å². The lowest BCUT2D eigenvalue weighted by atomic mass is 9.59. The minimum atomic E-state index is -0.118. The molecule has 0 aromatic heterocycles. The third-order valence-corrected chi connectivity index (χ3v) is 6.51. The second-order valence-electron chi connectivity index (χ2n) is 7.47. The Morgan fingerprint density at radius 1 is 1.14 bits per heavy atom. The van der Waals surface area contributed by atoms with Crippen molar-refractivity contribution in [3.05, 3.63) is 22.8 Å². The smallest absolute Gasteiger partial charge is 0.139 e. The van der Waals surface area contributed by atoms with Crippen molar-refractivity contribution in [1.29, 1.82) is 0 Å². The fourth-order valence-electron chi connectivity index (χ4n) is 5.33. The Morgan fingerprint density at radius 2 is 1.91 bits per heavy atom. The molecule has 1 N–H and O–H groups in total. The number of Topliss-reactive ketones (excluding diaryl/α,β-unsaturated/α-hetero) is 1. The SMILES string of the molecule is CC.CC12CC=C3C4=C(CCC3C1CCC2=O)CC(O)CC4. The summed E-state index contributed by atoms with van der Waals surface area (Å²) in [6, 6.07) is 0. The molecule has 0 aliphatic heterocycles. The van der Waals surface area contributed by atoms with Gasteiger partial charge in [0.1, 0.15) is 5.78 Å². The molecule has 0 bridgehead atoms. The van der Waals surface area contributed by atoms with E-state index in [0.717, 1.165) is 44.9 Å². The molecule has 0 saturated heterocycles. The molecule has 0 spiro atoms. The van der Waals surface area contributed by atoms with Crippen LogP contribution < -0.4 is 0 Å². The fourth-order valence-corrected chi connectivity index (χ4v) is 5.33. The molecule has 1 fully saturated rings. The standard InChI is InChI=1S/C18H24O2.C2H6/c1-18-9-8-14-13-5-3-12(19)10-11(13)2-4-15(14)16(18)6-7-17(18)20;1-2/h8,12,15-16,19H,2-7,9-10H2,1H3;1-2H3. The summed E-state index contributed by atoms with van der Waals surface area (Å²) in [5.41, 5.74) is 4.57. The number of carbonyl (C=O) groups excluding carboxylic acids is 1. The second-order valence-corrected chi connectivity index (χ2v) is 7.47. The van der Waals surface area contributed by atoms with Crippen LogP contribution in [0.15, 0.2) is 22.8 Å². The highest BCUT2D eigenvalue weighted by Crippen LogP contribution is 2.57. The molecule has 0 aromatic carbocycles. The molecule has 0 radical (unpaired) electrons. The van der Waals surface area contributed by atoms with Gasteiger partial charge in [-0.05, 0) is 67.9 Å². The Balaban J connectivity index is 0.000000693. The molecule has 22 heavy (non-hydrogen) atoms. The largest absolute Gasteiger partial charge is 0.393 e. The van der Waals surface area contributed by atoms with Gasteiger partial charge in [0.05, 0.1) is 6.10 Å². The molecule has 4 aliphatic carbocycles. The van der Waals surface area contributed by atoms with Crippen LogP contribution in [0.3, 0.4) is 0 Å². The van der Waals surface area contributed by atoms with Gasteiger partial charge in [-0.25, -0.2) is 0 Å². The van der Waals surface area contributed by atoms with Gasteiger partial charge in [-0.15, -0.1) is 0 Å². The summed E-state index contributed by atoms with van der Waals surface area (Å²) in [6.07, 6.45) is 10.3. The monoisotopic (exact) mass is 302 g/mol. The highest BCUT2D eigenvalue weighted by molar-refractivity contribution is 5.87. The first-order valence-corrected chi connectivity index (χ1v) is 9.22. The highest BCUT2D eigenvalue weighted by atomic mass is 16.3. The zero-order valence-corrected chi connectivity index (χ0v) is 14.3. The second kappa shape index (κ2) is 5.96. The molecule has 1 saturated carbocycles. The summed E-state index contributed by atoms with van der Waals surface area (Å²) in [6.45, 7) is 6.20. The van der Waals surface area contributed by atoms with Crippen molar-refractivity contribution in [2.24, 2.45) is 17.3 Å². The first-order valence-electron chi connectivity index (χ1n) is 9.22. The molecular weight excluding hydrogens is 272 g/mol. The topological polar surface area (TPSA) is 37.3 Å². The molecular formula is C20H30O2. The first kappa shape index (κ1) is 16.0. The van der Waals surface area contributed by atoms with Crippen molar-refractivity contribution >= 4 is 5.78 Å². The lowest BCUT2D eigenvalue weighted by molar-refractivity contribution is -0.127. The summed E-state index contributed by atoms with van der Waals surface area (Å²) < 4.78 is 0. The number of aliphatic hydroxyl groups is 1. The molecule has 0 aromatic rings. The van der Waals surface area contributed by atoms with Crippen LogP contribution in [0, 0.1) is 17.3 Å². The highest BCUT2D eigenvalue weighted by Gasteiger charge is 2.52. The van der Waals surface area contributed by atoms with E-state index in [2.05, 4.69) is 13.0 Å². The normalized spacial score (nSPS) is 40.1. The van der Waals surface area contributed by atoms with Crippen molar-refractivity contribution in [1.82, 2.24) is 0 Å². The lowest BCUT2D eigenvalue weighted by Crippen LogP contribution is -2.39. The summed E-state index contributed by atoms with van der Waals surface area (Å²) in [4.78, 5) is 12.3. The first-order chi connectivity index (χ1) is 10.6. The zero-order valence-electron chi connectivity index (χ0n) is 14.3. The van der Waals surface area contributed by atoms with E-state index in [1.807, 2.05) is 13.8 Å². The van der Waals surface area contributed by atoms with Gasteiger partial charge in [0, 0.05) is 11.8 Å². The van der Waals surface area contributed by atoms with E-state index in [1.165, 1.54) is 12.0 Å². The van der Waals surface area contributed by atoms with Crippen molar-refractivity contribution in [3.8, 4) is 0 Å². The number of ketones is 1. The van der Waals surface area contributed by atoms with Crippen LogP contribution in [0.1, 0.15) is 72.1 Å². The maximum absolute atomic E-state index is 12.3. The van der Waals surface area contributed by atoms with Crippen molar-refractivity contribution in [2.45, 2.75) is 78.2 Å². The van der Waals surface area contributed by atoms with Crippen LogP contribution in [0.2, 0.25) is 0 Å². The summed E-state index contributed by atoms with van der Waals surface area (Å²) in [7, 11) is 0. The van der Waals surface area contributed by atoms with Crippen LogP contribution in [0.4, 0.5) is 0 Å². The Labute approximate surface area is 134 Å². The predicted octanol–water partition coefficient (Wildman–Crippen LogP) is 4.58. The molecule has 4 aliphatic rings. The van der Waals surface area contributed by atoms with Crippen molar-refractivity contribution in [3.63, 3.8) is 0 Å². The number of allylic oxidation sites excluding steroid dienone is 3. The summed E-state index contributed by atoms with van der Waals surface area (Å²) >= 11 is 0. The Kier molecular flexibility index (Phi) is 4.33. The van der Waals surface area contributed by atoms with Gasteiger partial charge in [-0.3, -0.25) is 4.79 Å². The molecule has 4 atom stereocenters. The Bertz CT molecular complexity index is 528. The quantitative estimate of drug-likeness (QED) is 0.711. The minimum Gasteiger partial charge on any atom is -0.393 e. The minimum absolute atomic E-state index is 0.0690. The summed E-state index contributed by atoms with van der Waals surface area (Å²) in [5, 5.41) is 9.87. The molecule has 2 nitrogen and oxygen atoms in total. The average Bonchev–Trinajstić information content (AvgIpc) is 2.84. The molecule has 4 rings (SSSR count). The number of hydrogen-bond acceptors (Lipinski definition) is 2. The van der Waals surface area contributed by atoms with Crippen LogP contribution in [-0.4, -0.2) is 17.0 Å². The van der Waals surface area contributed by atoms with Gasteiger partial charge in [0.25, 0.3) is 0 Å². The van der Waals surface area contributed by atoms with E-state index < -0.39 is 0 Å². The van der Waals surface area contributed by atoms with E-state index >= 15 is 0 Å². The van der Waals surface area contributed by atoms with Crippen LogP contribution in [0.5, 0.6) is 0 Å². The number of fused-ring (bicyclic) bond motifs is 4. The van der Waals surface area contributed by atoms with E-state index in [1.54, 1.807) is 11.1 Å². The zero-order chi connectivity index (χ0) is 15.9. The van der Waals surface area contributed by atoms with E-state index in [4.69, 9.17) is 0 Å². The van der Waals surface area contributed by atoms with Crippen LogP contribution in [0.25, 0.3) is 0 Å². The number of rotatable bonds is 0. The predicted molar refractivity (Wildman–Crippen MR) is 89.5 cm³/mol. The van der Waals surface area contributed by atoms with E-state index in [0.29, 0.717) is 17.6 Å². The maximum Gasteiger partial charge on any atom is 0.139 e. The van der Waals surface area contributed by atoms with Gasteiger partial charge in [-0.2, -0.15) is 0 Å².